The van der Waals surface area contributed by atoms with E-state index in [1.807, 2.05) is 54.6 Å². The van der Waals surface area contributed by atoms with Gasteiger partial charge in [-0.3, -0.25) is 19.2 Å². The van der Waals surface area contributed by atoms with E-state index in [9.17, 15) is 24.3 Å². The van der Waals surface area contributed by atoms with E-state index >= 15 is 0 Å². The average molecular weight is 585 g/mol. The summed E-state index contributed by atoms with van der Waals surface area (Å²) in [7, 11) is 0. The lowest BCUT2D eigenvalue weighted by atomic mass is 10.0. The molecule has 9 N–H and O–H groups in total. The summed E-state index contributed by atoms with van der Waals surface area (Å²) in [6.45, 7) is 1.49. The normalized spacial score (nSPS) is 13.8. The molecule has 224 valence electrons. The maximum atomic E-state index is 13.6. The summed E-state index contributed by atoms with van der Waals surface area (Å²) in [6, 6.07) is 18.9. The summed E-state index contributed by atoms with van der Waals surface area (Å²) in [5.74, 6) is -2.37. The van der Waals surface area contributed by atoms with Gasteiger partial charge in [-0.25, -0.2) is 0 Å². The van der Waals surface area contributed by atoms with Gasteiger partial charge in [-0.05, 0) is 48.2 Å². The molecule has 0 fully saturated rings. The van der Waals surface area contributed by atoms with Crippen LogP contribution in [0.4, 0.5) is 0 Å². The molecule has 0 aliphatic carbocycles. The van der Waals surface area contributed by atoms with Crippen molar-refractivity contribution in [2.24, 2.45) is 11.5 Å². The number of carbonyl (C=O) groups is 4. The Kier molecular flexibility index (Phi) is 10.1. The number of phenols is 1. The summed E-state index contributed by atoms with van der Waals surface area (Å²) in [4.78, 5) is 55.0. The smallest absolute Gasteiger partial charge is 0.243 e. The summed E-state index contributed by atoms with van der Waals surface area (Å²) in [5, 5.41) is 18.4. The first-order chi connectivity index (χ1) is 20.6. The minimum absolute atomic E-state index is 0.0977. The number of primary amides is 1. The summed E-state index contributed by atoms with van der Waals surface area (Å²) >= 11 is 0. The van der Waals surface area contributed by atoms with E-state index in [0.717, 1.165) is 27.6 Å². The lowest BCUT2D eigenvalue weighted by molar-refractivity contribution is -0.133. The fraction of sp³-hybridized carbons (Fsp3) is 0.250. The number of carbonyl (C=O) groups excluding carboxylic acids is 4. The van der Waals surface area contributed by atoms with Crippen LogP contribution in [0.1, 0.15) is 23.6 Å². The lowest BCUT2D eigenvalue weighted by Crippen LogP contribution is -2.57. The molecule has 11 nitrogen and oxygen atoms in total. The second-order valence-corrected chi connectivity index (χ2v) is 10.5. The van der Waals surface area contributed by atoms with Crippen molar-refractivity contribution in [3.05, 3.63) is 102 Å². The number of amides is 4. The number of hydrogen-bond acceptors (Lipinski definition) is 6. The van der Waals surface area contributed by atoms with Gasteiger partial charge in [-0.15, -0.1) is 0 Å². The molecule has 43 heavy (non-hydrogen) atoms. The highest BCUT2D eigenvalue weighted by Crippen LogP contribution is 2.19. The fourth-order valence-electron chi connectivity index (χ4n) is 4.74. The number of phenolic OH excluding ortho intramolecular Hbond substituents is 1. The SMILES string of the molecule is CC(NC(=O)C(N)Cc1ccc(O)cc1)C(=O)NC(Cc1c[nH]c2ccccc12)C(=O)NC(Cc1ccccc1)C(N)=O. The molecule has 4 amide bonds. The standard InChI is InChI=1S/C32H36N6O5/c1-19(36-31(42)25(33)15-21-11-13-23(39)14-12-21)30(41)38-28(17-22-18-35-26-10-6-5-9-24(22)26)32(43)37-27(29(34)40)16-20-7-3-2-4-8-20/h2-14,18-19,25,27-28,35,39H,15-17,33H2,1H3,(H2,34,40)(H,36,42)(H,37,43)(H,38,41). The molecule has 4 aromatic rings. The zero-order chi connectivity index (χ0) is 30.9. The van der Waals surface area contributed by atoms with Crippen molar-refractivity contribution in [1.82, 2.24) is 20.9 Å². The maximum Gasteiger partial charge on any atom is 0.243 e. The molecule has 0 saturated carbocycles. The topological polar surface area (TPSA) is 192 Å². The van der Waals surface area contributed by atoms with Crippen LogP contribution >= 0.6 is 0 Å². The van der Waals surface area contributed by atoms with Crippen LogP contribution in [0.15, 0.2) is 85.1 Å². The maximum absolute atomic E-state index is 13.6. The van der Waals surface area contributed by atoms with E-state index in [0.29, 0.717) is 0 Å². The second kappa shape index (κ2) is 14.1. The van der Waals surface area contributed by atoms with Gasteiger partial charge in [0.1, 0.15) is 23.9 Å². The number of nitrogens with two attached hydrogens (primary N) is 2. The Labute approximate surface area is 249 Å². The van der Waals surface area contributed by atoms with E-state index in [2.05, 4.69) is 20.9 Å². The molecule has 3 aromatic carbocycles. The van der Waals surface area contributed by atoms with Gasteiger partial charge in [-0.1, -0.05) is 60.7 Å². The first kappa shape index (κ1) is 30.8. The van der Waals surface area contributed by atoms with Crippen molar-refractivity contribution < 1.29 is 24.3 Å². The number of aromatic nitrogens is 1. The third-order valence-electron chi connectivity index (χ3n) is 7.16. The van der Waals surface area contributed by atoms with Gasteiger partial charge in [0.05, 0.1) is 6.04 Å². The molecule has 4 atom stereocenters. The number of nitrogens with one attached hydrogen (secondary N) is 4. The Morgan fingerprint density at radius 2 is 1.37 bits per heavy atom. The number of benzene rings is 3. The molecule has 0 radical (unpaired) electrons. The molecule has 0 spiro atoms. The third kappa shape index (κ3) is 8.43. The predicted molar refractivity (Wildman–Crippen MR) is 163 cm³/mol. The Hall–Kier alpha value is -5.16. The van der Waals surface area contributed by atoms with Crippen molar-refractivity contribution in [2.45, 2.75) is 50.4 Å². The van der Waals surface area contributed by atoms with Crippen molar-refractivity contribution in [1.29, 1.82) is 0 Å². The highest BCUT2D eigenvalue weighted by atomic mass is 16.3. The molecule has 1 aromatic heterocycles. The molecule has 4 unspecified atom stereocenters. The molecule has 0 bridgehead atoms. The van der Waals surface area contributed by atoms with E-state index < -0.39 is 47.8 Å². The van der Waals surface area contributed by atoms with Crippen LogP contribution in [-0.2, 0) is 38.4 Å². The van der Waals surface area contributed by atoms with E-state index in [1.54, 1.807) is 18.3 Å². The van der Waals surface area contributed by atoms with Crippen LogP contribution in [0, 0.1) is 0 Å². The first-order valence-electron chi connectivity index (χ1n) is 13.9. The monoisotopic (exact) mass is 584 g/mol. The van der Waals surface area contributed by atoms with Crippen LogP contribution in [0.2, 0.25) is 0 Å². The number of aromatic amines is 1. The van der Waals surface area contributed by atoms with Crippen LogP contribution in [0.25, 0.3) is 10.9 Å². The Morgan fingerprint density at radius 1 is 0.744 bits per heavy atom. The zero-order valence-corrected chi connectivity index (χ0v) is 23.7. The number of hydrogen-bond donors (Lipinski definition) is 7. The fourth-order valence-corrected chi connectivity index (χ4v) is 4.74. The molecular weight excluding hydrogens is 548 g/mol. The number of para-hydroxylation sites is 1. The van der Waals surface area contributed by atoms with Gasteiger partial charge >= 0.3 is 0 Å². The van der Waals surface area contributed by atoms with Crippen LogP contribution < -0.4 is 27.4 Å². The third-order valence-corrected chi connectivity index (χ3v) is 7.16. The van der Waals surface area contributed by atoms with Crippen LogP contribution in [0.5, 0.6) is 5.75 Å². The number of aromatic hydroxyl groups is 1. The predicted octanol–water partition coefficient (Wildman–Crippen LogP) is 1.19. The highest BCUT2D eigenvalue weighted by Gasteiger charge is 2.29. The lowest BCUT2D eigenvalue weighted by Gasteiger charge is -2.24. The second-order valence-electron chi connectivity index (χ2n) is 10.5. The quantitative estimate of drug-likeness (QED) is 0.123. The van der Waals surface area contributed by atoms with Gasteiger partial charge in [0, 0.05) is 29.9 Å². The van der Waals surface area contributed by atoms with Gasteiger partial charge in [0.25, 0.3) is 0 Å². The van der Waals surface area contributed by atoms with E-state index in [1.165, 1.54) is 19.1 Å². The molecule has 1 heterocycles. The summed E-state index contributed by atoms with van der Waals surface area (Å²) in [5.41, 5.74) is 14.9. The highest BCUT2D eigenvalue weighted by molar-refractivity contribution is 5.95. The first-order valence-corrected chi connectivity index (χ1v) is 13.9. The molecule has 0 saturated heterocycles. The molecule has 4 rings (SSSR count). The van der Waals surface area contributed by atoms with Crippen molar-refractivity contribution in [3.8, 4) is 5.75 Å². The molecular formula is C32H36N6O5. The van der Waals surface area contributed by atoms with Crippen molar-refractivity contribution in [3.63, 3.8) is 0 Å². The van der Waals surface area contributed by atoms with Gasteiger partial charge in [0.2, 0.25) is 23.6 Å². The van der Waals surface area contributed by atoms with Crippen LogP contribution in [0.3, 0.4) is 0 Å². The Bertz CT molecular complexity index is 1570. The molecule has 11 heteroatoms. The molecule has 0 aliphatic heterocycles. The van der Waals surface area contributed by atoms with E-state index in [-0.39, 0.29) is 25.0 Å². The number of H-pyrrole nitrogens is 1. The Balaban J connectivity index is 1.46. The largest absolute Gasteiger partial charge is 0.508 e. The summed E-state index contributed by atoms with van der Waals surface area (Å²) < 4.78 is 0. The average Bonchev–Trinajstić information content (AvgIpc) is 3.40. The Morgan fingerprint density at radius 3 is 2.07 bits per heavy atom. The number of rotatable bonds is 13. The minimum atomic E-state index is -1.09. The minimum Gasteiger partial charge on any atom is -0.508 e. The number of fused-ring (bicyclic) bond motifs is 1. The van der Waals surface area contributed by atoms with Crippen molar-refractivity contribution in [2.75, 3.05) is 0 Å². The van der Waals surface area contributed by atoms with Gasteiger partial charge < -0.3 is 37.5 Å². The van der Waals surface area contributed by atoms with E-state index in [4.69, 9.17) is 11.5 Å². The van der Waals surface area contributed by atoms with Crippen LogP contribution in [-0.4, -0.2) is 57.9 Å². The van der Waals surface area contributed by atoms with Crippen molar-refractivity contribution >= 4 is 34.5 Å². The zero-order valence-electron chi connectivity index (χ0n) is 23.7. The summed E-state index contributed by atoms with van der Waals surface area (Å²) in [6.07, 6.45) is 2.25. The molecule has 0 aliphatic rings. The van der Waals surface area contributed by atoms with Gasteiger partial charge in [0.15, 0.2) is 0 Å². The van der Waals surface area contributed by atoms with Gasteiger partial charge in [-0.2, -0.15) is 0 Å².